The van der Waals surface area contributed by atoms with Crippen LogP contribution in [0.2, 0.25) is 0 Å². The fourth-order valence-electron chi connectivity index (χ4n) is 4.59. The minimum Gasteiger partial charge on any atom is -0.443 e. The van der Waals surface area contributed by atoms with Gasteiger partial charge in [-0.25, -0.2) is 14.3 Å². The second-order valence-corrected chi connectivity index (χ2v) is 9.69. The Bertz CT molecular complexity index is 1100. The molecule has 7 heteroatoms. The molecule has 0 saturated heterocycles. The second kappa shape index (κ2) is 10.0. The number of ether oxygens (including phenoxy) is 1. The molecule has 1 atom stereocenters. The highest BCUT2D eigenvalue weighted by molar-refractivity contribution is 5.87. The molecule has 1 aromatic carbocycles. The second-order valence-electron chi connectivity index (χ2n) is 9.69. The van der Waals surface area contributed by atoms with E-state index in [-0.39, 0.29) is 12.6 Å². The number of imidazole rings is 1. The van der Waals surface area contributed by atoms with Crippen LogP contribution in [0.3, 0.4) is 0 Å². The van der Waals surface area contributed by atoms with Crippen LogP contribution >= 0.6 is 0 Å². The highest BCUT2D eigenvalue weighted by atomic mass is 16.6. The average molecular weight is 451 g/mol. The molecule has 0 saturated carbocycles. The monoisotopic (exact) mass is 450 g/mol. The van der Waals surface area contributed by atoms with E-state index in [9.17, 15) is 9.90 Å². The van der Waals surface area contributed by atoms with Gasteiger partial charge in [0.05, 0.1) is 29.3 Å². The third kappa shape index (κ3) is 5.42. The summed E-state index contributed by atoms with van der Waals surface area (Å²) in [6, 6.07) is 12.0. The molecule has 0 fully saturated rings. The number of pyridine rings is 1. The van der Waals surface area contributed by atoms with E-state index in [0.717, 1.165) is 55.4 Å². The lowest BCUT2D eigenvalue weighted by Gasteiger charge is -2.35. The quantitative estimate of drug-likeness (QED) is 0.518. The minimum absolute atomic E-state index is 0.153. The van der Waals surface area contributed by atoms with E-state index >= 15 is 0 Å². The van der Waals surface area contributed by atoms with Gasteiger partial charge in [-0.2, -0.15) is 0 Å². The summed E-state index contributed by atoms with van der Waals surface area (Å²) < 4.78 is 7.35. The van der Waals surface area contributed by atoms with Crippen molar-refractivity contribution in [3.63, 3.8) is 0 Å². The number of hydrogen-bond donors (Lipinski definition) is 1. The van der Waals surface area contributed by atoms with Crippen molar-refractivity contribution >= 4 is 17.1 Å². The van der Waals surface area contributed by atoms with Gasteiger partial charge in [0.1, 0.15) is 11.4 Å². The molecule has 0 radical (unpaired) electrons. The van der Waals surface area contributed by atoms with Gasteiger partial charge in [-0.3, -0.25) is 9.88 Å². The molecule has 4 rings (SSSR count). The van der Waals surface area contributed by atoms with Gasteiger partial charge >= 0.3 is 6.09 Å². The molecule has 0 bridgehead atoms. The molecule has 7 nitrogen and oxygen atoms in total. The standard InChI is InChI=1S/C26H34N4O3/c1-26(2,3)33-25(32)30-21-13-5-4-12-20(21)28-23(30)18-29(16-6-7-17-31)22-14-8-10-19-11-9-15-27-24(19)22/h4-5,9,11-13,15,22,31H,6-8,10,14,16-18H2,1-3H3. The van der Waals surface area contributed by atoms with Crippen molar-refractivity contribution in [3.8, 4) is 0 Å². The van der Waals surface area contributed by atoms with E-state index in [2.05, 4.69) is 11.0 Å². The van der Waals surface area contributed by atoms with E-state index in [4.69, 9.17) is 14.7 Å². The normalized spacial score (nSPS) is 16.2. The number of aromatic nitrogens is 3. The van der Waals surface area contributed by atoms with Crippen LogP contribution in [-0.2, 0) is 17.7 Å². The molecule has 1 aliphatic rings. The van der Waals surface area contributed by atoms with Crippen molar-refractivity contribution in [3.05, 3.63) is 59.7 Å². The first-order valence-corrected chi connectivity index (χ1v) is 11.9. The third-order valence-electron chi connectivity index (χ3n) is 6.01. The number of rotatable bonds is 7. The van der Waals surface area contributed by atoms with Gasteiger partial charge in [0.15, 0.2) is 0 Å². The molecule has 33 heavy (non-hydrogen) atoms. The van der Waals surface area contributed by atoms with Gasteiger partial charge < -0.3 is 9.84 Å². The number of carbonyl (C=O) groups excluding carboxylic acids is 1. The predicted octanol–water partition coefficient (Wildman–Crippen LogP) is 4.87. The predicted molar refractivity (Wildman–Crippen MR) is 128 cm³/mol. The first-order chi connectivity index (χ1) is 15.9. The molecular weight excluding hydrogens is 416 g/mol. The fourth-order valence-corrected chi connectivity index (χ4v) is 4.59. The van der Waals surface area contributed by atoms with Crippen molar-refractivity contribution in [1.82, 2.24) is 19.4 Å². The van der Waals surface area contributed by atoms with Gasteiger partial charge in [-0.15, -0.1) is 0 Å². The maximum atomic E-state index is 13.2. The van der Waals surface area contributed by atoms with Crippen LogP contribution in [0.1, 0.15) is 69.6 Å². The first-order valence-electron chi connectivity index (χ1n) is 11.9. The van der Waals surface area contributed by atoms with Crippen LogP contribution in [0.25, 0.3) is 11.0 Å². The third-order valence-corrected chi connectivity index (χ3v) is 6.01. The Morgan fingerprint density at radius 1 is 1.21 bits per heavy atom. The topological polar surface area (TPSA) is 80.5 Å². The molecule has 2 heterocycles. The number of fused-ring (bicyclic) bond motifs is 2. The Labute approximate surface area is 195 Å². The zero-order valence-electron chi connectivity index (χ0n) is 19.8. The van der Waals surface area contributed by atoms with Crippen molar-refractivity contribution in [2.45, 2.75) is 71.1 Å². The van der Waals surface area contributed by atoms with E-state index in [1.807, 2.05) is 57.3 Å². The summed E-state index contributed by atoms with van der Waals surface area (Å²) in [6.45, 7) is 7.07. The Morgan fingerprint density at radius 2 is 2.03 bits per heavy atom. The fraction of sp³-hybridized carbons (Fsp3) is 0.500. The van der Waals surface area contributed by atoms with Gasteiger partial charge in [-0.05, 0) is 83.2 Å². The van der Waals surface area contributed by atoms with Crippen molar-refractivity contribution in [2.24, 2.45) is 0 Å². The van der Waals surface area contributed by atoms with Gasteiger partial charge in [-0.1, -0.05) is 18.2 Å². The summed E-state index contributed by atoms with van der Waals surface area (Å²) in [5, 5.41) is 9.35. The van der Waals surface area contributed by atoms with Crippen LogP contribution in [0.4, 0.5) is 4.79 Å². The van der Waals surface area contributed by atoms with Crippen LogP contribution < -0.4 is 0 Å². The summed E-state index contributed by atoms with van der Waals surface area (Å²) in [5.41, 5.74) is 3.33. The lowest BCUT2D eigenvalue weighted by Crippen LogP contribution is -2.35. The molecule has 1 N–H and O–H groups in total. The molecule has 176 valence electrons. The number of para-hydroxylation sites is 2. The molecule has 0 aliphatic heterocycles. The molecule has 0 spiro atoms. The van der Waals surface area contributed by atoms with Crippen LogP contribution in [0.15, 0.2) is 42.6 Å². The SMILES string of the molecule is CC(C)(C)OC(=O)n1c(CN(CCCCO)C2CCCc3cccnc32)nc2ccccc21. The number of aryl methyl sites for hydroxylation is 1. The molecular formula is C26H34N4O3. The van der Waals surface area contributed by atoms with E-state index in [1.165, 1.54) is 5.56 Å². The molecule has 3 aromatic rings. The van der Waals surface area contributed by atoms with Crippen LogP contribution in [0.5, 0.6) is 0 Å². The zero-order chi connectivity index (χ0) is 23.4. The average Bonchev–Trinajstić information content (AvgIpc) is 3.15. The molecule has 1 unspecified atom stereocenters. The highest BCUT2D eigenvalue weighted by Crippen LogP contribution is 2.34. The first kappa shape index (κ1) is 23.4. The zero-order valence-corrected chi connectivity index (χ0v) is 19.8. The summed E-state index contributed by atoms with van der Waals surface area (Å²) >= 11 is 0. The van der Waals surface area contributed by atoms with Gasteiger partial charge in [0.25, 0.3) is 0 Å². The highest BCUT2D eigenvalue weighted by Gasteiger charge is 2.30. The Balaban J connectivity index is 1.71. The van der Waals surface area contributed by atoms with Crippen molar-refractivity contribution in [2.75, 3.05) is 13.2 Å². The number of unbranched alkanes of at least 4 members (excludes halogenated alkanes) is 1. The summed E-state index contributed by atoms with van der Waals surface area (Å²) in [4.78, 5) is 25.1. The van der Waals surface area contributed by atoms with Crippen LogP contribution in [-0.4, -0.2) is 49.4 Å². The minimum atomic E-state index is -0.604. The smallest absolute Gasteiger partial charge is 0.420 e. The van der Waals surface area contributed by atoms with Crippen molar-refractivity contribution in [1.29, 1.82) is 0 Å². The summed E-state index contributed by atoms with van der Waals surface area (Å²) in [6.07, 6.45) is 6.20. The lowest BCUT2D eigenvalue weighted by atomic mass is 9.90. The largest absolute Gasteiger partial charge is 0.443 e. The number of aliphatic hydroxyl groups excluding tert-OH is 1. The summed E-state index contributed by atoms with van der Waals surface area (Å²) in [7, 11) is 0. The number of aliphatic hydroxyl groups is 1. The van der Waals surface area contributed by atoms with Crippen molar-refractivity contribution < 1.29 is 14.6 Å². The molecule has 1 aliphatic carbocycles. The molecule has 0 amide bonds. The number of benzene rings is 1. The lowest BCUT2D eigenvalue weighted by molar-refractivity contribution is 0.0530. The van der Waals surface area contributed by atoms with E-state index < -0.39 is 11.7 Å². The Morgan fingerprint density at radius 3 is 2.82 bits per heavy atom. The molecule has 2 aromatic heterocycles. The van der Waals surface area contributed by atoms with Crippen LogP contribution in [0, 0.1) is 0 Å². The maximum Gasteiger partial charge on any atom is 0.420 e. The number of nitrogens with zero attached hydrogens (tertiary/aromatic N) is 4. The summed E-state index contributed by atoms with van der Waals surface area (Å²) in [5.74, 6) is 0.664. The number of hydrogen-bond acceptors (Lipinski definition) is 6. The van der Waals surface area contributed by atoms with Gasteiger partial charge in [0, 0.05) is 12.8 Å². The van der Waals surface area contributed by atoms with E-state index in [1.54, 1.807) is 4.57 Å². The Kier molecular flexibility index (Phi) is 7.10. The Hall–Kier alpha value is -2.77. The van der Waals surface area contributed by atoms with Gasteiger partial charge in [0.2, 0.25) is 0 Å². The maximum absolute atomic E-state index is 13.2. The number of carbonyl (C=O) groups is 1. The van der Waals surface area contributed by atoms with E-state index in [0.29, 0.717) is 12.4 Å².